The van der Waals surface area contributed by atoms with Crippen LogP contribution in [0.4, 0.5) is 0 Å². The number of benzene rings is 2. The third-order valence-corrected chi connectivity index (χ3v) is 5.40. The highest BCUT2D eigenvalue weighted by Gasteiger charge is 2.31. The predicted octanol–water partition coefficient (Wildman–Crippen LogP) is 4.15. The largest absolute Gasteiger partial charge is 0.468 e. The monoisotopic (exact) mass is 374 g/mol. The van der Waals surface area contributed by atoms with Gasteiger partial charge >= 0.3 is 5.97 Å². The van der Waals surface area contributed by atoms with E-state index in [0.717, 1.165) is 60.2 Å². The summed E-state index contributed by atoms with van der Waals surface area (Å²) in [5, 5.41) is 10.00. The second-order valence-corrected chi connectivity index (χ2v) is 7.12. The first-order valence-electron chi connectivity index (χ1n) is 9.53. The van der Waals surface area contributed by atoms with Crippen molar-refractivity contribution in [2.45, 2.75) is 25.3 Å². The van der Waals surface area contributed by atoms with Crippen LogP contribution in [0.2, 0.25) is 0 Å². The molecule has 1 saturated heterocycles. The van der Waals surface area contributed by atoms with Crippen LogP contribution in [0.3, 0.4) is 0 Å². The van der Waals surface area contributed by atoms with Crippen molar-refractivity contribution < 1.29 is 13.9 Å². The first-order chi connectivity index (χ1) is 13.7. The Morgan fingerprint density at radius 1 is 1.21 bits per heavy atom. The Balaban J connectivity index is 1.49. The Bertz CT molecular complexity index is 1030. The fraction of sp³-hybridized carbons (Fsp3) is 0.304. The summed E-state index contributed by atoms with van der Waals surface area (Å²) in [6.07, 6.45) is 2.64. The van der Waals surface area contributed by atoms with Crippen molar-refractivity contribution in [2.24, 2.45) is 0 Å². The van der Waals surface area contributed by atoms with E-state index in [4.69, 9.17) is 14.4 Å². The number of likely N-dealkylation sites (tertiary alicyclic amines) is 1. The molecule has 0 aliphatic carbocycles. The van der Waals surface area contributed by atoms with E-state index in [1.165, 1.54) is 7.11 Å². The number of nitrogens with zero attached hydrogens (tertiary/aromatic N) is 2. The molecule has 0 saturated carbocycles. The standard InChI is InChI=1S/C23H22N2O3/c1-27-23(26)21-3-2-11-25(21)12-10-20-14-19-13-18(8-9-22(19)28-20)17-6-4-16(15-24)5-7-17/h4-9,13-14,21H,2-3,10-12H2,1H3. The molecule has 0 amide bonds. The summed E-state index contributed by atoms with van der Waals surface area (Å²) >= 11 is 0. The molecule has 1 aliphatic heterocycles. The topological polar surface area (TPSA) is 66.5 Å². The third kappa shape index (κ3) is 3.64. The number of methoxy groups -OCH3 is 1. The molecule has 0 radical (unpaired) electrons. The summed E-state index contributed by atoms with van der Waals surface area (Å²) < 4.78 is 10.9. The molecule has 1 aromatic heterocycles. The van der Waals surface area contributed by atoms with E-state index < -0.39 is 0 Å². The molecule has 142 valence electrons. The summed E-state index contributed by atoms with van der Waals surface area (Å²) in [6.45, 7) is 1.70. The van der Waals surface area contributed by atoms with Crippen molar-refractivity contribution in [3.63, 3.8) is 0 Å². The fourth-order valence-electron chi connectivity index (χ4n) is 3.89. The van der Waals surface area contributed by atoms with Gasteiger partial charge in [-0.1, -0.05) is 18.2 Å². The first kappa shape index (κ1) is 18.3. The van der Waals surface area contributed by atoms with Crippen LogP contribution in [-0.2, 0) is 16.0 Å². The van der Waals surface area contributed by atoms with Gasteiger partial charge in [0, 0.05) is 18.4 Å². The molecule has 0 N–H and O–H groups in total. The van der Waals surface area contributed by atoms with Crippen LogP contribution in [0.1, 0.15) is 24.2 Å². The van der Waals surface area contributed by atoms with Crippen LogP contribution >= 0.6 is 0 Å². The molecule has 1 fully saturated rings. The maximum atomic E-state index is 11.9. The Morgan fingerprint density at radius 2 is 2.00 bits per heavy atom. The van der Waals surface area contributed by atoms with Crippen LogP contribution in [0, 0.1) is 11.3 Å². The summed E-state index contributed by atoms with van der Waals surface area (Å²) in [4.78, 5) is 14.1. The predicted molar refractivity (Wildman–Crippen MR) is 107 cm³/mol. The SMILES string of the molecule is COC(=O)C1CCCN1CCc1cc2cc(-c3ccc(C#N)cc3)ccc2o1. The maximum absolute atomic E-state index is 11.9. The third-order valence-electron chi connectivity index (χ3n) is 5.40. The summed E-state index contributed by atoms with van der Waals surface area (Å²) in [6, 6.07) is 17.8. The summed E-state index contributed by atoms with van der Waals surface area (Å²) in [5.41, 5.74) is 3.68. The lowest BCUT2D eigenvalue weighted by molar-refractivity contribution is -0.145. The Kier molecular flexibility index (Phi) is 5.14. The minimum Gasteiger partial charge on any atom is -0.468 e. The molecule has 1 aliphatic rings. The van der Waals surface area contributed by atoms with E-state index in [1.807, 2.05) is 36.4 Å². The smallest absolute Gasteiger partial charge is 0.323 e. The van der Waals surface area contributed by atoms with Gasteiger partial charge in [-0.2, -0.15) is 5.26 Å². The number of carbonyl (C=O) groups excluding carboxylic acids is 1. The van der Waals surface area contributed by atoms with Crippen LogP contribution < -0.4 is 0 Å². The van der Waals surface area contributed by atoms with E-state index in [2.05, 4.69) is 23.1 Å². The van der Waals surface area contributed by atoms with Gasteiger partial charge in [0.15, 0.2) is 0 Å². The van der Waals surface area contributed by atoms with Gasteiger partial charge in [-0.3, -0.25) is 9.69 Å². The highest BCUT2D eigenvalue weighted by molar-refractivity contribution is 5.84. The van der Waals surface area contributed by atoms with Gasteiger partial charge in [-0.15, -0.1) is 0 Å². The van der Waals surface area contributed by atoms with Gasteiger partial charge in [0.2, 0.25) is 0 Å². The second kappa shape index (κ2) is 7.87. The minimum atomic E-state index is -0.144. The molecule has 3 aromatic rings. The fourth-order valence-corrected chi connectivity index (χ4v) is 3.89. The van der Waals surface area contributed by atoms with Crippen molar-refractivity contribution in [1.29, 1.82) is 5.26 Å². The van der Waals surface area contributed by atoms with E-state index in [1.54, 1.807) is 0 Å². The molecule has 2 aromatic carbocycles. The number of ether oxygens (including phenoxy) is 1. The summed E-state index contributed by atoms with van der Waals surface area (Å²) in [7, 11) is 1.45. The van der Waals surface area contributed by atoms with E-state index >= 15 is 0 Å². The number of nitriles is 1. The number of rotatable bonds is 5. The zero-order valence-electron chi connectivity index (χ0n) is 15.9. The van der Waals surface area contributed by atoms with Gasteiger partial charge in [-0.25, -0.2) is 0 Å². The van der Waals surface area contributed by atoms with E-state index in [-0.39, 0.29) is 12.0 Å². The molecule has 4 rings (SSSR count). The lowest BCUT2D eigenvalue weighted by Crippen LogP contribution is -2.38. The molecular weight excluding hydrogens is 352 g/mol. The van der Waals surface area contributed by atoms with Gasteiger partial charge in [0.25, 0.3) is 0 Å². The Morgan fingerprint density at radius 3 is 2.75 bits per heavy atom. The van der Waals surface area contributed by atoms with Crippen LogP contribution in [-0.4, -0.2) is 37.1 Å². The van der Waals surface area contributed by atoms with Crippen molar-refractivity contribution in [3.05, 3.63) is 59.9 Å². The van der Waals surface area contributed by atoms with Crippen molar-refractivity contribution >= 4 is 16.9 Å². The summed E-state index contributed by atoms with van der Waals surface area (Å²) in [5.74, 6) is 0.775. The van der Waals surface area contributed by atoms with Crippen molar-refractivity contribution in [1.82, 2.24) is 4.90 Å². The number of hydrogen-bond donors (Lipinski definition) is 0. The lowest BCUT2D eigenvalue weighted by atomic mass is 10.0. The zero-order valence-corrected chi connectivity index (χ0v) is 15.9. The normalized spacial score (nSPS) is 16.9. The van der Waals surface area contributed by atoms with Gasteiger partial charge in [-0.05, 0) is 60.8 Å². The zero-order chi connectivity index (χ0) is 19.5. The van der Waals surface area contributed by atoms with Crippen molar-refractivity contribution in [2.75, 3.05) is 20.2 Å². The van der Waals surface area contributed by atoms with E-state index in [9.17, 15) is 4.79 Å². The molecule has 5 heteroatoms. The van der Waals surface area contributed by atoms with Gasteiger partial charge in [0.05, 0.1) is 18.7 Å². The number of esters is 1. The quantitative estimate of drug-likeness (QED) is 0.628. The number of furan rings is 1. The average Bonchev–Trinajstić information content (AvgIpc) is 3.37. The maximum Gasteiger partial charge on any atom is 0.323 e. The average molecular weight is 374 g/mol. The Labute approximate surface area is 164 Å². The highest BCUT2D eigenvalue weighted by Crippen LogP contribution is 2.28. The molecule has 1 atom stereocenters. The minimum absolute atomic E-state index is 0.127. The highest BCUT2D eigenvalue weighted by atomic mass is 16.5. The molecule has 1 unspecified atom stereocenters. The van der Waals surface area contributed by atoms with Crippen LogP contribution in [0.5, 0.6) is 0 Å². The lowest BCUT2D eigenvalue weighted by Gasteiger charge is -2.21. The number of fused-ring (bicyclic) bond motifs is 1. The van der Waals surface area contributed by atoms with Crippen LogP contribution in [0.25, 0.3) is 22.1 Å². The molecule has 5 nitrogen and oxygen atoms in total. The molecule has 0 bridgehead atoms. The van der Waals surface area contributed by atoms with Gasteiger partial charge < -0.3 is 9.15 Å². The number of hydrogen-bond acceptors (Lipinski definition) is 5. The molecule has 2 heterocycles. The van der Waals surface area contributed by atoms with Gasteiger partial charge in [0.1, 0.15) is 17.4 Å². The molecular formula is C23H22N2O3. The first-order valence-corrected chi connectivity index (χ1v) is 9.53. The second-order valence-electron chi connectivity index (χ2n) is 7.12. The van der Waals surface area contributed by atoms with Crippen LogP contribution in [0.15, 0.2) is 52.9 Å². The molecule has 0 spiro atoms. The number of carbonyl (C=O) groups is 1. The van der Waals surface area contributed by atoms with E-state index in [0.29, 0.717) is 5.56 Å². The Hall–Kier alpha value is -3.10. The van der Waals surface area contributed by atoms with Crippen molar-refractivity contribution in [3.8, 4) is 17.2 Å². The molecule has 28 heavy (non-hydrogen) atoms.